The topological polar surface area (TPSA) is 72.2 Å². The number of hydrogen-bond donors (Lipinski definition) is 2. The standard InChI is InChI=1S/C13H19FN2O2S2/c1-19-10-7-5-9(6-8-10)16-20(17,18)12-4-2-3-11(14)13(12)15/h2-4,9-10,16H,5-8,15H2,1H3. The highest BCUT2D eigenvalue weighted by Crippen LogP contribution is 2.28. The lowest BCUT2D eigenvalue weighted by atomic mass is 9.96. The summed E-state index contributed by atoms with van der Waals surface area (Å²) in [5.41, 5.74) is 5.20. The summed E-state index contributed by atoms with van der Waals surface area (Å²) in [6.07, 6.45) is 5.67. The highest BCUT2D eigenvalue weighted by Gasteiger charge is 2.27. The lowest BCUT2D eigenvalue weighted by Gasteiger charge is -2.28. The smallest absolute Gasteiger partial charge is 0.242 e. The Balaban J connectivity index is 2.10. The van der Waals surface area contributed by atoms with E-state index in [2.05, 4.69) is 11.0 Å². The summed E-state index contributed by atoms with van der Waals surface area (Å²) >= 11 is 1.82. The maximum atomic E-state index is 13.4. The predicted octanol–water partition coefficient (Wildman–Crippen LogP) is 2.36. The van der Waals surface area contributed by atoms with Crippen molar-refractivity contribution in [2.45, 2.75) is 41.9 Å². The molecule has 0 radical (unpaired) electrons. The van der Waals surface area contributed by atoms with Crippen molar-refractivity contribution >= 4 is 27.5 Å². The molecule has 1 aliphatic rings. The summed E-state index contributed by atoms with van der Waals surface area (Å²) in [4.78, 5) is -0.176. The summed E-state index contributed by atoms with van der Waals surface area (Å²) in [5, 5.41) is 0.606. The SMILES string of the molecule is CSC1CCC(NS(=O)(=O)c2cccc(F)c2N)CC1. The van der Waals surface area contributed by atoms with Gasteiger partial charge in [0.15, 0.2) is 0 Å². The van der Waals surface area contributed by atoms with Gasteiger partial charge < -0.3 is 5.73 Å². The largest absolute Gasteiger partial charge is 0.395 e. The summed E-state index contributed by atoms with van der Waals surface area (Å²) in [5.74, 6) is -0.709. The molecular weight excluding hydrogens is 299 g/mol. The Hall–Kier alpha value is -0.790. The Labute approximate surface area is 123 Å². The highest BCUT2D eigenvalue weighted by atomic mass is 32.2. The number of para-hydroxylation sites is 1. The molecule has 7 heteroatoms. The normalized spacial score (nSPS) is 23.7. The maximum absolute atomic E-state index is 13.4. The molecular formula is C13H19FN2O2S2. The van der Waals surface area contributed by atoms with E-state index in [0.717, 1.165) is 31.7 Å². The van der Waals surface area contributed by atoms with Gasteiger partial charge in [-0.15, -0.1) is 0 Å². The third-order valence-electron chi connectivity index (χ3n) is 3.63. The number of rotatable bonds is 4. The minimum atomic E-state index is -3.76. The Kier molecular flexibility index (Phi) is 4.93. The van der Waals surface area contributed by atoms with Gasteiger partial charge in [-0.1, -0.05) is 6.07 Å². The summed E-state index contributed by atoms with van der Waals surface area (Å²) in [6, 6.07) is 3.74. The minimum absolute atomic E-state index is 0.0916. The first-order valence-electron chi connectivity index (χ1n) is 6.53. The first-order valence-corrected chi connectivity index (χ1v) is 9.30. The summed E-state index contributed by atoms with van der Waals surface area (Å²) < 4.78 is 40.5. The molecule has 0 aromatic heterocycles. The molecule has 0 amide bonds. The molecule has 0 atom stereocenters. The Morgan fingerprint density at radius 2 is 1.95 bits per heavy atom. The summed E-state index contributed by atoms with van der Waals surface area (Å²) in [7, 11) is -3.76. The van der Waals surface area contributed by atoms with Gasteiger partial charge in [0.25, 0.3) is 0 Å². The molecule has 0 aliphatic heterocycles. The first kappa shape index (κ1) is 15.6. The average Bonchev–Trinajstić information content (AvgIpc) is 2.42. The highest BCUT2D eigenvalue weighted by molar-refractivity contribution is 7.99. The lowest BCUT2D eigenvalue weighted by Crippen LogP contribution is -2.38. The fourth-order valence-electron chi connectivity index (χ4n) is 2.45. The molecule has 20 heavy (non-hydrogen) atoms. The first-order chi connectivity index (χ1) is 9.44. The second kappa shape index (κ2) is 6.32. The molecule has 0 unspecified atom stereocenters. The van der Waals surface area contributed by atoms with Gasteiger partial charge in [0.05, 0.1) is 5.69 Å². The van der Waals surface area contributed by atoms with Crippen LogP contribution in [0.5, 0.6) is 0 Å². The number of sulfonamides is 1. The van der Waals surface area contributed by atoms with Gasteiger partial charge in [-0.25, -0.2) is 17.5 Å². The number of benzene rings is 1. The van der Waals surface area contributed by atoms with Crippen molar-refractivity contribution in [1.29, 1.82) is 0 Å². The fraction of sp³-hybridized carbons (Fsp3) is 0.538. The number of halogens is 1. The van der Waals surface area contributed by atoms with Crippen molar-refractivity contribution in [1.82, 2.24) is 4.72 Å². The van der Waals surface area contributed by atoms with Crippen LogP contribution in [-0.4, -0.2) is 26.0 Å². The van der Waals surface area contributed by atoms with Crippen molar-refractivity contribution in [2.24, 2.45) is 0 Å². The van der Waals surface area contributed by atoms with Crippen LogP contribution >= 0.6 is 11.8 Å². The monoisotopic (exact) mass is 318 g/mol. The molecule has 1 aromatic rings. The third-order valence-corrected chi connectivity index (χ3v) is 6.35. The Morgan fingerprint density at radius 3 is 2.55 bits per heavy atom. The van der Waals surface area contributed by atoms with Gasteiger partial charge in [0.1, 0.15) is 10.7 Å². The zero-order valence-electron chi connectivity index (χ0n) is 11.3. The molecule has 1 aromatic carbocycles. The van der Waals surface area contributed by atoms with Crippen LogP contribution in [-0.2, 0) is 10.0 Å². The van der Waals surface area contributed by atoms with Crippen molar-refractivity contribution < 1.29 is 12.8 Å². The van der Waals surface area contributed by atoms with Crippen LogP contribution < -0.4 is 10.5 Å². The quantitative estimate of drug-likeness (QED) is 0.836. The zero-order chi connectivity index (χ0) is 14.8. The number of thioether (sulfide) groups is 1. The number of anilines is 1. The van der Waals surface area contributed by atoms with E-state index in [0.29, 0.717) is 5.25 Å². The van der Waals surface area contributed by atoms with Crippen molar-refractivity contribution in [3.05, 3.63) is 24.0 Å². The number of nitrogens with two attached hydrogens (primary N) is 1. The fourth-order valence-corrected chi connectivity index (χ4v) is 4.64. The molecule has 1 saturated carbocycles. The zero-order valence-corrected chi connectivity index (χ0v) is 12.9. The van der Waals surface area contributed by atoms with E-state index >= 15 is 0 Å². The van der Waals surface area contributed by atoms with Gasteiger partial charge in [-0.2, -0.15) is 11.8 Å². The van der Waals surface area contributed by atoms with E-state index in [-0.39, 0.29) is 16.6 Å². The van der Waals surface area contributed by atoms with Crippen molar-refractivity contribution in [3.8, 4) is 0 Å². The molecule has 1 fully saturated rings. The van der Waals surface area contributed by atoms with E-state index in [1.807, 2.05) is 11.8 Å². The number of nitrogen functional groups attached to an aromatic ring is 1. The predicted molar refractivity (Wildman–Crippen MR) is 80.7 cm³/mol. The summed E-state index contributed by atoms with van der Waals surface area (Å²) in [6.45, 7) is 0. The van der Waals surface area contributed by atoms with Crippen LogP contribution in [0.3, 0.4) is 0 Å². The van der Waals surface area contributed by atoms with Crippen LogP contribution in [0.2, 0.25) is 0 Å². The van der Waals surface area contributed by atoms with Gasteiger partial charge >= 0.3 is 0 Å². The van der Waals surface area contributed by atoms with Gasteiger partial charge in [0, 0.05) is 11.3 Å². The third kappa shape index (κ3) is 3.45. The molecule has 0 heterocycles. The maximum Gasteiger partial charge on any atom is 0.242 e. The molecule has 4 nitrogen and oxygen atoms in total. The molecule has 112 valence electrons. The van der Waals surface area contributed by atoms with Gasteiger partial charge in [-0.3, -0.25) is 0 Å². The Morgan fingerprint density at radius 1 is 1.30 bits per heavy atom. The van der Waals surface area contributed by atoms with Crippen LogP contribution in [0, 0.1) is 5.82 Å². The van der Waals surface area contributed by atoms with Crippen LogP contribution in [0.1, 0.15) is 25.7 Å². The number of nitrogens with one attached hydrogen (secondary N) is 1. The average molecular weight is 318 g/mol. The van der Waals surface area contributed by atoms with Crippen LogP contribution in [0.15, 0.2) is 23.1 Å². The van der Waals surface area contributed by atoms with E-state index in [9.17, 15) is 12.8 Å². The van der Waals surface area contributed by atoms with Crippen molar-refractivity contribution in [2.75, 3.05) is 12.0 Å². The second-order valence-corrected chi connectivity index (χ2v) is 7.80. The molecule has 3 N–H and O–H groups in total. The van der Waals surface area contributed by atoms with Crippen LogP contribution in [0.4, 0.5) is 10.1 Å². The Bertz CT molecular complexity index is 570. The lowest BCUT2D eigenvalue weighted by molar-refractivity contribution is 0.420. The van der Waals surface area contributed by atoms with E-state index in [1.54, 1.807) is 0 Å². The van der Waals surface area contributed by atoms with Gasteiger partial charge in [0.2, 0.25) is 10.0 Å². The van der Waals surface area contributed by atoms with Gasteiger partial charge in [-0.05, 0) is 44.1 Å². The van der Waals surface area contributed by atoms with E-state index < -0.39 is 15.8 Å². The molecule has 0 saturated heterocycles. The van der Waals surface area contributed by atoms with Crippen LogP contribution in [0.25, 0.3) is 0 Å². The molecule has 0 bridgehead atoms. The number of hydrogen-bond acceptors (Lipinski definition) is 4. The van der Waals surface area contributed by atoms with Crippen molar-refractivity contribution in [3.63, 3.8) is 0 Å². The van der Waals surface area contributed by atoms with E-state index in [1.165, 1.54) is 12.1 Å². The second-order valence-electron chi connectivity index (χ2n) is 4.98. The molecule has 0 spiro atoms. The minimum Gasteiger partial charge on any atom is -0.395 e. The molecule has 1 aliphatic carbocycles. The van der Waals surface area contributed by atoms with E-state index in [4.69, 9.17) is 5.73 Å². The molecule has 2 rings (SSSR count).